The zero-order valence-electron chi connectivity index (χ0n) is 12.9. The lowest BCUT2D eigenvalue weighted by Gasteiger charge is -2.27. The highest BCUT2D eigenvalue weighted by Gasteiger charge is 2.32. The largest absolute Gasteiger partial charge is 0.361 e. The van der Waals surface area contributed by atoms with Crippen LogP contribution in [0.2, 0.25) is 0 Å². The van der Waals surface area contributed by atoms with Crippen LogP contribution in [0, 0.1) is 17.3 Å². The zero-order valence-corrected chi connectivity index (χ0v) is 12.9. The van der Waals surface area contributed by atoms with E-state index in [4.69, 9.17) is 5.53 Å². The summed E-state index contributed by atoms with van der Waals surface area (Å²) in [4.78, 5) is 15.3. The van der Waals surface area contributed by atoms with Crippen molar-refractivity contribution in [3.8, 4) is 0 Å². The highest BCUT2D eigenvalue weighted by atomic mass is 16.1. The molecule has 0 saturated heterocycles. The Labute approximate surface area is 117 Å². The fraction of sp³-hybridized carbons (Fsp3) is 0.875. The first-order chi connectivity index (χ1) is 8.88. The maximum absolute atomic E-state index is 12.1. The number of nitrogens with zero attached hydrogens (tertiary/aromatic N) is 2. The lowest BCUT2D eigenvalue weighted by Crippen LogP contribution is -2.30. The summed E-state index contributed by atoms with van der Waals surface area (Å²) in [6.07, 6.45) is 8.06. The third kappa shape index (κ3) is 4.91. The van der Waals surface area contributed by atoms with Gasteiger partial charge in [0.1, 0.15) is 0 Å². The third-order valence-electron chi connectivity index (χ3n) is 4.40. The van der Waals surface area contributed by atoms with Gasteiger partial charge in [-0.15, -0.1) is 0 Å². The maximum atomic E-state index is 12.1. The molecule has 0 N–H and O–H groups in total. The predicted molar refractivity (Wildman–Crippen MR) is 78.1 cm³/mol. The van der Waals surface area contributed by atoms with Gasteiger partial charge in [0.05, 0.1) is 6.42 Å². The van der Waals surface area contributed by atoms with Gasteiger partial charge < -0.3 is 5.53 Å². The SMILES string of the molecule is CCC1CCC(CCC(=[N+]=[N-])C(=O)C(C)(C)C)CC1. The monoisotopic (exact) mass is 264 g/mol. The average Bonchev–Trinajstić information content (AvgIpc) is 2.39. The molecule has 1 aliphatic rings. The first-order valence-electron chi connectivity index (χ1n) is 7.64. The predicted octanol–water partition coefficient (Wildman–Crippen LogP) is 4.27. The van der Waals surface area contributed by atoms with Crippen molar-refractivity contribution >= 4 is 11.5 Å². The number of carbonyl (C=O) groups is 1. The molecule has 19 heavy (non-hydrogen) atoms. The van der Waals surface area contributed by atoms with Crippen molar-refractivity contribution in [3.05, 3.63) is 5.53 Å². The molecule has 0 aromatic heterocycles. The van der Waals surface area contributed by atoms with Gasteiger partial charge in [0.25, 0.3) is 0 Å². The quantitative estimate of drug-likeness (QED) is 0.415. The Balaban J connectivity index is 2.44. The fourth-order valence-corrected chi connectivity index (χ4v) is 2.91. The molecule has 0 bridgehead atoms. The van der Waals surface area contributed by atoms with Crippen LogP contribution in [0.4, 0.5) is 0 Å². The number of ketones is 1. The first-order valence-corrected chi connectivity index (χ1v) is 7.64. The van der Waals surface area contributed by atoms with Gasteiger partial charge in [0.15, 0.2) is 0 Å². The normalized spacial score (nSPS) is 23.8. The smallest absolute Gasteiger partial charge is 0.334 e. The van der Waals surface area contributed by atoms with E-state index in [1.54, 1.807) is 0 Å². The first kappa shape index (κ1) is 16.1. The minimum Gasteiger partial charge on any atom is -0.361 e. The summed E-state index contributed by atoms with van der Waals surface area (Å²) in [5.74, 6) is 1.57. The molecule has 1 saturated carbocycles. The molecular weight excluding hydrogens is 236 g/mol. The van der Waals surface area contributed by atoms with E-state index in [1.165, 1.54) is 32.1 Å². The maximum Gasteiger partial charge on any atom is 0.334 e. The topological polar surface area (TPSA) is 53.5 Å². The Bertz CT molecular complexity index is 353. The lowest BCUT2D eigenvalue weighted by molar-refractivity contribution is -0.124. The van der Waals surface area contributed by atoms with Gasteiger partial charge in [-0.3, -0.25) is 4.79 Å². The number of hydrogen-bond acceptors (Lipinski definition) is 1. The van der Waals surface area contributed by atoms with E-state index in [2.05, 4.69) is 11.7 Å². The molecule has 0 aromatic carbocycles. The molecule has 0 unspecified atom stereocenters. The number of rotatable bonds is 5. The molecule has 0 aliphatic heterocycles. The lowest BCUT2D eigenvalue weighted by atomic mass is 9.78. The van der Waals surface area contributed by atoms with Crippen LogP contribution in [0.3, 0.4) is 0 Å². The van der Waals surface area contributed by atoms with Gasteiger partial charge in [-0.2, -0.15) is 4.79 Å². The van der Waals surface area contributed by atoms with Crippen molar-refractivity contribution in [3.63, 3.8) is 0 Å². The molecule has 3 nitrogen and oxygen atoms in total. The summed E-state index contributed by atoms with van der Waals surface area (Å²) >= 11 is 0. The summed E-state index contributed by atoms with van der Waals surface area (Å²) < 4.78 is 0. The van der Waals surface area contributed by atoms with E-state index in [0.29, 0.717) is 18.1 Å². The van der Waals surface area contributed by atoms with Crippen molar-refractivity contribution in [1.29, 1.82) is 0 Å². The van der Waals surface area contributed by atoms with Crippen molar-refractivity contribution in [1.82, 2.24) is 0 Å². The Morgan fingerprint density at radius 3 is 2.11 bits per heavy atom. The Morgan fingerprint density at radius 2 is 1.68 bits per heavy atom. The highest BCUT2D eigenvalue weighted by molar-refractivity contribution is 6.39. The Morgan fingerprint density at radius 1 is 1.16 bits per heavy atom. The summed E-state index contributed by atoms with van der Waals surface area (Å²) in [6, 6.07) is 0. The van der Waals surface area contributed by atoms with Crippen molar-refractivity contribution in [2.24, 2.45) is 17.3 Å². The molecule has 0 aromatic rings. The molecule has 0 atom stereocenters. The standard InChI is InChI=1S/C16H28N2O/c1-5-12-6-8-13(9-7-12)10-11-14(18-17)15(19)16(2,3)4/h12-13H,5-11H2,1-4H3. The van der Waals surface area contributed by atoms with Gasteiger partial charge >= 0.3 is 5.71 Å². The van der Waals surface area contributed by atoms with Crippen LogP contribution < -0.4 is 0 Å². The molecule has 0 amide bonds. The van der Waals surface area contributed by atoms with Crippen LogP contribution >= 0.6 is 0 Å². The number of carbonyl (C=O) groups excluding carboxylic acids is 1. The molecule has 3 heteroatoms. The second kappa shape index (κ2) is 7.00. The highest BCUT2D eigenvalue weighted by Crippen LogP contribution is 2.33. The second-order valence-corrected chi connectivity index (χ2v) is 6.96. The van der Waals surface area contributed by atoms with Crippen molar-refractivity contribution < 1.29 is 9.58 Å². The van der Waals surface area contributed by atoms with Gasteiger partial charge in [-0.1, -0.05) is 59.8 Å². The summed E-state index contributed by atoms with van der Waals surface area (Å²) in [6.45, 7) is 7.87. The van der Waals surface area contributed by atoms with E-state index in [0.717, 1.165) is 12.3 Å². The number of Topliss-reactive ketones (excluding diaryl/α,β-unsaturated/α-hetero) is 1. The molecule has 108 valence electrons. The van der Waals surface area contributed by atoms with E-state index < -0.39 is 5.41 Å². The van der Waals surface area contributed by atoms with Gasteiger partial charge in [0, 0.05) is 5.41 Å². The van der Waals surface area contributed by atoms with E-state index in [9.17, 15) is 4.79 Å². The Hall–Kier alpha value is -0.950. The van der Waals surface area contributed by atoms with Gasteiger partial charge in [-0.05, 0) is 18.3 Å². The van der Waals surface area contributed by atoms with Crippen molar-refractivity contribution in [2.75, 3.05) is 0 Å². The van der Waals surface area contributed by atoms with Gasteiger partial charge in [0.2, 0.25) is 5.78 Å². The average molecular weight is 264 g/mol. The second-order valence-electron chi connectivity index (χ2n) is 6.96. The van der Waals surface area contributed by atoms with Crippen LogP contribution in [0.1, 0.15) is 72.6 Å². The number of hydrogen-bond donors (Lipinski definition) is 0. The van der Waals surface area contributed by atoms with Crippen LogP contribution in [0.25, 0.3) is 5.53 Å². The van der Waals surface area contributed by atoms with E-state index in [1.807, 2.05) is 20.8 Å². The molecular formula is C16H28N2O. The Kier molecular flexibility index (Phi) is 5.93. The van der Waals surface area contributed by atoms with Gasteiger partial charge in [-0.25, -0.2) is 0 Å². The van der Waals surface area contributed by atoms with Crippen LogP contribution in [-0.4, -0.2) is 16.3 Å². The molecule has 0 spiro atoms. The molecule has 1 fully saturated rings. The molecule has 1 aliphatic carbocycles. The minimum atomic E-state index is -0.457. The summed E-state index contributed by atoms with van der Waals surface area (Å²) in [7, 11) is 0. The zero-order chi connectivity index (χ0) is 14.5. The van der Waals surface area contributed by atoms with Crippen LogP contribution in [-0.2, 0) is 4.79 Å². The van der Waals surface area contributed by atoms with E-state index in [-0.39, 0.29) is 5.78 Å². The van der Waals surface area contributed by atoms with Crippen molar-refractivity contribution in [2.45, 2.75) is 72.6 Å². The molecule has 1 rings (SSSR count). The summed E-state index contributed by atoms with van der Waals surface area (Å²) in [5.41, 5.74) is 8.93. The molecule has 0 radical (unpaired) electrons. The third-order valence-corrected chi connectivity index (χ3v) is 4.40. The van der Waals surface area contributed by atoms with E-state index >= 15 is 0 Å². The van der Waals surface area contributed by atoms with Crippen LogP contribution in [0.5, 0.6) is 0 Å². The molecule has 0 heterocycles. The summed E-state index contributed by atoms with van der Waals surface area (Å²) in [5, 5.41) is 0. The minimum absolute atomic E-state index is 0.0303. The fourth-order valence-electron chi connectivity index (χ4n) is 2.91. The van der Waals surface area contributed by atoms with Crippen LogP contribution in [0.15, 0.2) is 0 Å².